The third-order valence-electron chi connectivity index (χ3n) is 2.10. The summed E-state index contributed by atoms with van der Waals surface area (Å²) in [5, 5.41) is 2.31. The highest BCUT2D eigenvalue weighted by atomic mass is 79.9. The van der Waals surface area contributed by atoms with Gasteiger partial charge in [-0.05, 0) is 15.9 Å². The summed E-state index contributed by atoms with van der Waals surface area (Å²) in [6.45, 7) is 4.36. The molecule has 1 aromatic heterocycles. The summed E-state index contributed by atoms with van der Waals surface area (Å²) in [4.78, 5) is 10.7. The molecule has 0 radical (unpaired) electrons. The minimum absolute atomic E-state index is 0.844. The highest BCUT2D eigenvalue weighted by molar-refractivity contribution is 9.10. The minimum atomic E-state index is 0.844. The Kier molecular flexibility index (Phi) is 2.75. The fraction of sp³-hybridized carbons (Fsp3) is 0.500. The number of nitrogens with zero attached hydrogens (tertiary/aromatic N) is 3. The van der Waals surface area contributed by atoms with Crippen molar-refractivity contribution < 1.29 is 5.32 Å². The molecule has 0 bridgehead atoms. The molecule has 70 valence electrons. The molecule has 4 nitrogen and oxygen atoms in total. The van der Waals surface area contributed by atoms with Gasteiger partial charge in [-0.3, -0.25) is 0 Å². The molecule has 0 saturated carbocycles. The van der Waals surface area contributed by atoms with Crippen molar-refractivity contribution in [1.29, 1.82) is 0 Å². The predicted molar refractivity (Wildman–Crippen MR) is 53.6 cm³/mol. The molecule has 0 unspecified atom stereocenters. The van der Waals surface area contributed by atoms with Gasteiger partial charge in [0.25, 0.3) is 0 Å². The van der Waals surface area contributed by atoms with Gasteiger partial charge in [-0.1, -0.05) is 0 Å². The normalized spacial score (nSPS) is 17.5. The Hall–Kier alpha value is -0.680. The van der Waals surface area contributed by atoms with E-state index in [1.54, 1.807) is 12.4 Å². The Balaban J connectivity index is 2.10. The van der Waals surface area contributed by atoms with Crippen molar-refractivity contribution in [3.63, 3.8) is 0 Å². The first kappa shape index (κ1) is 8.90. The summed E-state index contributed by atoms with van der Waals surface area (Å²) in [7, 11) is 0. The van der Waals surface area contributed by atoms with Crippen LogP contribution in [0.5, 0.6) is 0 Å². The first-order chi connectivity index (χ1) is 6.36. The molecule has 1 aliphatic rings. The van der Waals surface area contributed by atoms with Crippen LogP contribution in [0.2, 0.25) is 0 Å². The van der Waals surface area contributed by atoms with E-state index in [4.69, 9.17) is 0 Å². The smallest absolute Gasteiger partial charge is 0.225 e. The molecule has 0 aliphatic carbocycles. The second-order valence-electron chi connectivity index (χ2n) is 3.05. The lowest BCUT2D eigenvalue weighted by molar-refractivity contribution is -0.655. The highest BCUT2D eigenvalue weighted by Gasteiger charge is 2.14. The fourth-order valence-electron chi connectivity index (χ4n) is 1.42. The van der Waals surface area contributed by atoms with E-state index in [9.17, 15) is 0 Å². The van der Waals surface area contributed by atoms with Crippen LogP contribution in [0.15, 0.2) is 16.9 Å². The van der Waals surface area contributed by atoms with Gasteiger partial charge in [0.05, 0.1) is 30.7 Å². The Morgan fingerprint density at radius 2 is 1.85 bits per heavy atom. The summed E-state index contributed by atoms with van der Waals surface area (Å²) in [6.07, 6.45) is 3.58. The molecule has 0 amide bonds. The Bertz CT molecular complexity index is 268. The lowest BCUT2D eigenvalue weighted by Gasteiger charge is -2.24. The van der Waals surface area contributed by atoms with Gasteiger partial charge in [0.2, 0.25) is 5.95 Å². The second kappa shape index (κ2) is 4.02. The zero-order valence-corrected chi connectivity index (χ0v) is 8.87. The van der Waals surface area contributed by atoms with E-state index in [-0.39, 0.29) is 0 Å². The van der Waals surface area contributed by atoms with Gasteiger partial charge in [0.15, 0.2) is 0 Å². The highest BCUT2D eigenvalue weighted by Crippen LogP contribution is 2.10. The van der Waals surface area contributed by atoms with Crippen molar-refractivity contribution in [2.45, 2.75) is 0 Å². The van der Waals surface area contributed by atoms with E-state index in [1.165, 1.54) is 0 Å². The molecule has 0 atom stereocenters. The Labute approximate surface area is 85.5 Å². The maximum Gasteiger partial charge on any atom is 0.225 e. The van der Waals surface area contributed by atoms with Gasteiger partial charge in [-0.15, -0.1) is 0 Å². The lowest BCUT2D eigenvalue weighted by atomic mass is 10.4. The van der Waals surface area contributed by atoms with Crippen LogP contribution in [0, 0.1) is 0 Å². The average Bonchev–Trinajstić information content (AvgIpc) is 2.20. The van der Waals surface area contributed by atoms with Crippen LogP contribution >= 0.6 is 15.9 Å². The van der Waals surface area contributed by atoms with E-state index < -0.39 is 0 Å². The first-order valence-electron chi connectivity index (χ1n) is 4.40. The largest absolute Gasteiger partial charge is 0.343 e. The van der Waals surface area contributed by atoms with Crippen molar-refractivity contribution in [1.82, 2.24) is 9.97 Å². The number of rotatable bonds is 1. The Morgan fingerprint density at radius 1 is 1.23 bits per heavy atom. The molecule has 2 rings (SSSR count). The summed E-state index contributed by atoms with van der Waals surface area (Å²) < 4.78 is 0.930. The van der Waals surface area contributed by atoms with Gasteiger partial charge in [0.1, 0.15) is 0 Å². The van der Waals surface area contributed by atoms with Gasteiger partial charge in [-0.25, -0.2) is 9.97 Å². The molecular formula is C8H12BrN4+. The van der Waals surface area contributed by atoms with E-state index >= 15 is 0 Å². The van der Waals surface area contributed by atoms with Crippen molar-refractivity contribution in [2.75, 3.05) is 31.1 Å². The van der Waals surface area contributed by atoms with Crippen LogP contribution in [0.1, 0.15) is 0 Å². The molecular weight excluding hydrogens is 232 g/mol. The summed E-state index contributed by atoms with van der Waals surface area (Å²) in [5.74, 6) is 0.844. The van der Waals surface area contributed by atoms with Crippen LogP contribution in [-0.2, 0) is 0 Å². The number of aromatic nitrogens is 2. The maximum absolute atomic E-state index is 4.26. The van der Waals surface area contributed by atoms with Crippen molar-refractivity contribution in [2.24, 2.45) is 0 Å². The standard InChI is InChI=1S/C8H11BrN4/c9-7-5-11-8(12-6-7)13-3-1-10-2-4-13/h5-6,10H,1-4H2/p+1. The Morgan fingerprint density at radius 3 is 2.46 bits per heavy atom. The molecule has 1 fully saturated rings. The molecule has 0 spiro atoms. The van der Waals surface area contributed by atoms with Crippen LogP contribution < -0.4 is 10.2 Å². The van der Waals surface area contributed by atoms with Crippen molar-refractivity contribution in [3.8, 4) is 0 Å². The van der Waals surface area contributed by atoms with Gasteiger partial charge < -0.3 is 10.2 Å². The number of hydrogen-bond donors (Lipinski definition) is 1. The monoisotopic (exact) mass is 243 g/mol. The molecule has 1 aromatic rings. The SMILES string of the molecule is Brc1cnc(N2CC[NH2+]CC2)nc1. The average molecular weight is 244 g/mol. The summed E-state index contributed by atoms with van der Waals surface area (Å²) in [6, 6.07) is 0. The lowest BCUT2D eigenvalue weighted by Crippen LogP contribution is -2.89. The number of nitrogens with two attached hydrogens (primary N) is 1. The minimum Gasteiger partial charge on any atom is -0.343 e. The molecule has 1 aliphatic heterocycles. The summed E-state index contributed by atoms with van der Waals surface area (Å²) >= 11 is 3.32. The second-order valence-corrected chi connectivity index (χ2v) is 3.97. The zero-order valence-electron chi connectivity index (χ0n) is 7.28. The molecule has 2 N–H and O–H groups in total. The van der Waals surface area contributed by atoms with Crippen LogP contribution in [0.4, 0.5) is 5.95 Å². The fourth-order valence-corrected chi connectivity index (χ4v) is 1.62. The number of quaternary nitrogens is 1. The van der Waals surface area contributed by atoms with E-state index in [1.807, 2.05) is 0 Å². The van der Waals surface area contributed by atoms with E-state index in [2.05, 4.69) is 36.1 Å². The third-order valence-corrected chi connectivity index (χ3v) is 2.51. The number of halogens is 1. The number of hydrogen-bond acceptors (Lipinski definition) is 3. The third kappa shape index (κ3) is 2.16. The van der Waals surface area contributed by atoms with Gasteiger partial charge in [0, 0.05) is 12.4 Å². The van der Waals surface area contributed by atoms with Crippen molar-refractivity contribution in [3.05, 3.63) is 16.9 Å². The van der Waals surface area contributed by atoms with E-state index in [0.717, 1.165) is 36.6 Å². The summed E-state index contributed by atoms with van der Waals surface area (Å²) in [5.41, 5.74) is 0. The van der Waals surface area contributed by atoms with Crippen LogP contribution in [-0.4, -0.2) is 36.1 Å². The molecule has 13 heavy (non-hydrogen) atoms. The van der Waals surface area contributed by atoms with E-state index in [0.29, 0.717) is 0 Å². The number of anilines is 1. The molecule has 1 saturated heterocycles. The predicted octanol–water partition coefficient (Wildman–Crippen LogP) is -0.377. The topological polar surface area (TPSA) is 45.6 Å². The first-order valence-corrected chi connectivity index (χ1v) is 5.20. The van der Waals surface area contributed by atoms with Crippen molar-refractivity contribution >= 4 is 21.9 Å². The van der Waals surface area contributed by atoms with Crippen LogP contribution in [0.3, 0.4) is 0 Å². The van der Waals surface area contributed by atoms with Gasteiger partial charge in [-0.2, -0.15) is 0 Å². The maximum atomic E-state index is 4.26. The quantitative estimate of drug-likeness (QED) is 0.732. The number of piperazine rings is 1. The molecule has 5 heteroatoms. The van der Waals surface area contributed by atoms with Crippen LogP contribution in [0.25, 0.3) is 0 Å². The van der Waals surface area contributed by atoms with Gasteiger partial charge >= 0.3 is 0 Å². The molecule has 0 aromatic carbocycles. The zero-order chi connectivity index (χ0) is 9.10. The molecule has 2 heterocycles.